The molecule has 2 aromatic rings. The maximum absolute atomic E-state index is 12.0. The number of benzene rings is 1. The van der Waals surface area contributed by atoms with Crippen molar-refractivity contribution in [2.75, 3.05) is 24.6 Å². The standard InChI is InChI=1S/C22H27ClN4O4S/c1-21(6-9-32(29,30)14-21)27-13-15(11-25-27)12-26-7-4-22(5-8-26)18-10-16(23)2-3-17(18)19(31-22)20(24)28/h2-3,10-11,13,19H,4-9,12,14H2,1H3,(H2,24,28). The summed E-state index contributed by atoms with van der Waals surface area (Å²) in [5.41, 5.74) is 7.41. The summed E-state index contributed by atoms with van der Waals surface area (Å²) in [5, 5.41) is 5.10. The minimum atomic E-state index is -3.00. The number of aromatic nitrogens is 2. The normalized spacial score (nSPS) is 28.8. The summed E-state index contributed by atoms with van der Waals surface area (Å²) in [5.74, 6) is -0.138. The Hall–Kier alpha value is -1.94. The van der Waals surface area contributed by atoms with E-state index in [-0.39, 0.29) is 11.5 Å². The molecule has 1 aromatic carbocycles. The predicted octanol–water partition coefficient (Wildman–Crippen LogP) is 2.12. The Morgan fingerprint density at radius 1 is 1.31 bits per heavy atom. The first-order chi connectivity index (χ1) is 15.1. The van der Waals surface area contributed by atoms with E-state index in [0.29, 0.717) is 11.4 Å². The third-order valence-electron chi connectivity index (χ3n) is 7.13. The van der Waals surface area contributed by atoms with Crippen LogP contribution in [0.5, 0.6) is 0 Å². The minimum absolute atomic E-state index is 0.133. The number of amides is 1. The lowest BCUT2D eigenvalue weighted by atomic mass is 9.83. The van der Waals surface area contributed by atoms with Crippen molar-refractivity contribution in [3.63, 3.8) is 0 Å². The number of primary amides is 1. The van der Waals surface area contributed by atoms with Crippen LogP contribution >= 0.6 is 11.6 Å². The summed E-state index contributed by atoms with van der Waals surface area (Å²) in [7, 11) is -3.00. The fraction of sp³-hybridized carbons (Fsp3) is 0.545. The highest BCUT2D eigenvalue weighted by Gasteiger charge is 2.48. The molecule has 5 rings (SSSR count). The molecule has 10 heteroatoms. The number of carbonyl (C=O) groups excluding carboxylic acids is 1. The molecule has 2 fully saturated rings. The lowest BCUT2D eigenvalue weighted by Crippen LogP contribution is -2.42. The number of carbonyl (C=O) groups is 1. The number of hydrogen-bond donors (Lipinski definition) is 1. The first-order valence-corrected chi connectivity index (χ1v) is 13.0. The van der Waals surface area contributed by atoms with Crippen LogP contribution < -0.4 is 5.73 Å². The van der Waals surface area contributed by atoms with Crippen molar-refractivity contribution < 1.29 is 17.9 Å². The monoisotopic (exact) mass is 478 g/mol. The molecule has 0 bridgehead atoms. The Morgan fingerprint density at radius 3 is 2.72 bits per heavy atom. The van der Waals surface area contributed by atoms with Crippen LogP contribution in [-0.4, -0.2) is 53.6 Å². The van der Waals surface area contributed by atoms with Crippen LogP contribution in [0, 0.1) is 0 Å². The fourth-order valence-electron chi connectivity index (χ4n) is 5.34. The molecule has 0 aliphatic carbocycles. The van der Waals surface area contributed by atoms with Gasteiger partial charge in [-0.2, -0.15) is 5.10 Å². The second-order valence-corrected chi connectivity index (χ2v) is 12.2. The second kappa shape index (κ2) is 7.55. The largest absolute Gasteiger partial charge is 0.367 e. The van der Waals surface area contributed by atoms with E-state index in [2.05, 4.69) is 10.00 Å². The van der Waals surface area contributed by atoms with Gasteiger partial charge in [0.25, 0.3) is 5.91 Å². The summed E-state index contributed by atoms with van der Waals surface area (Å²) in [6.45, 7) is 4.25. The SMILES string of the molecule is CC1(n2cc(CN3CCC4(CC3)OC(C(N)=O)c3ccc(Cl)cc34)cn2)CCS(=O)(=O)C1. The van der Waals surface area contributed by atoms with E-state index in [1.54, 1.807) is 6.07 Å². The summed E-state index contributed by atoms with van der Waals surface area (Å²) >= 11 is 6.25. The third-order valence-corrected chi connectivity index (χ3v) is 9.26. The predicted molar refractivity (Wildman–Crippen MR) is 120 cm³/mol. The number of ether oxygens (including phenoxy) is 1. The average molecular weight is 479 g/mol. The van der Waals surface area contributed by atoms with Gasteiger partial charge in [-0.1, -0.05) is 17.7 Å². The van der Waals surface area contributed by atoms with Crippen molar-refractivity contribution in [1.29, 1.82) is 0 Å². The molecular weight excluding hydrogens is 452 g/mol. The molecule has 8 nitrogen and oxygen atoms in total. The van der Waals surface area contributed by atoms with Gasteiger partial charge in [-0.25, -0.2) is 8.42 Å². The molecule has 1 amide bonds. The highest BCUT2D eigenvalue weighted by molar-refractivity contribution is 7.91. The molecule has 2 atom stereocenters. The first-order valence-electron chi connectivity index (χ1n) is 10.8. The Kier molecular flexibility index (Phi) is 5.16. The summed E-state index contributed by atoms with van der Waals surface area (Å²) in [6.07, 6.45) is 5.10. The number of nitrogens with two attached hydrogens (primary N) is 1. The maximum Gasteiger partial charge on any atom is 0.251 e. The van der Waals surface area contributed by atoms with Gasteiger partial charge < -0.3 is 10.5 Å². The molecule has 2 unspecified atom stereocenters. The zero-order valence-electron chi connectivity index (χ0n) is 18.0. The van der Waals surface area contributed by atoms with Gasteiger partial charge in [0.2, 0.25) is 0 Å². The Balaban J connectivity index is 1.28. The number of likely N-dealkylation sites (tertiary alicyclic amines) is 1. The van der Waals surface area contributed by atoms with Crippen LogP contribution in [0.4, 0.5) is 0 Å². The second-order valence-electron chi connectivity index (χ2n) is 9.53. The van der Waals surface area contributed by atoms with Crippen LogP contribution in [0.2, 0.25) is 5.02 Å². The van der Waals surface area contributed by atoms with Crippen LogP contribution in [0.3, 0.4) is 0 Å². The Labute approximate surface area is 192 Å². The van der Waals surface area contributed by atoms with Crippen molar-refractivity contribution in [2.24, 2.45) is 5.73 Å². The molecule has 1 aromatic heterocycles. The van der Waals surface area contributed by atoms with E-state index < -0.39 is 33.0 Å². The summed E-state index contributed by atoms with van der Waals surface area (Å²) < 4.78 is 31.9. The number of fused-ring (bicyclic) bond motifs is 2. The highest BCUT2D eigenvalue weighted by Crippen LogP contribution is 2.50. The van der Waals surface area contributed by atoms with Gasteiger partial charge >= 0.3 is 0 Å². The van der Waals surface area contributed by atoms with Gasteiger partial charge in [0, 0.05) is 36.4 Å². The molecule has 0 saturated carbocycles. The van der Waals surface area contributed by atoms with Crippen molar-refractivity contribution in [3.05, 3.63) is 52.3 Å². The Morgan fingerprint density at radius 2 is 2.06 bits per heavy atom. The minimum Gasteiger partial charge on any atom is -0.367 e. The topological polar surface area (TPSA) is 108 Å². The smallest absolute Gasteiger partial charge is 0.251 e. The zero-order valence-corrected chi connectivity index (χ0v) is 19.5. The van der Waals surface area contributed by atoms with Gasteiger partial charge in [-0.15, -0.1) is 0 Å². The molecule has 2 N–H and O–H groups in total. The summed E-state index contributed by atoms with van der Waals surface area (Å²) in [4.78, 5) is 14.3. The van der Waals surface area contributed by atoms with Crippen LogP contribution in [0.15, 0.2) is 30.6 Å². The van der Waals surface area contributed by atoms with Crippen molar-refractivity contribution >= 4 is 27.3 Å². The molecule has 3 aliphatic heterocycles. The van der Waals surface area contributed by atoms with E-state index in [1.807, 2.05) is 36.1 Å². The maximum atomic E-state index is 12.0. The van der Waals surface area contributed by atoms with Crippen LogP contribution in [0.1, 0.15) is 49.0 Å². The Bertz CT molecular complexity index is 1170. The van der Waals surface area contributed by atoms with E-state index >= 15 is 0 Å². The fourth-order valence-corrected chi connectivity index (χ4v) is 7.64. The molecule has 2 saturated heterocycles. The highest BCUT2D eigenvalue weighted by atomic mass is 35.5. The van der Waals surface area contributed by atoms with Gasteiger partial charge in [0.15, 0.2) is 15.9 Å². The number of piperidine rings is 1. The number of hydrogen-bond acceptors (Lipinski definition) is 6. The number of sulfone groups is 1. The van der Waals surface area contributed by atoms with Gasteiger partial charge in [-0.05, 0) is 49.4 Å². The van der Waals surface area contributed by atoms with Crippen molar-refractivity contribution in [1.82, 2.24) is 14.7 Å². The number of rotatable bonds is 4. The number of nitrogens with zero attached hydrogens (tertiary/aromatic N) is 3. The van der Waals surface area contributed by atoms with E-state index in [9.17, 15) is 13.2 Å². The van der Waals surface area contributed by atoms with E-state index in [1.165, 1.54) is 0 Å². The van der Waals surface area contributed by atoms with Gasteiger partial charge in [-0.3, -0.25) is 14.4 Å². The molecule has 172 valence electrons. The van der Waals surface area contributed by atoms with E-state index in [4.69, 9.17) is 22.1 Å². The summed E-state index contributed by atoms with van der Waals surface area (Å²) in [6, 6.07) is 5.50. The molecule has 1 spiro atoms. The third kappa shape index (κ3) is 3.75. The molecule has 4 heterocycles. The first kappa shape index (κ1) is 21.9. The average Bonchev–Trinajstić information content (AvgIpc) is 3.40. The number of halogens is 1. The van der Waals surface area contributed by atoms with Crippen LogP contribution in [0.25, 0.3) is 0 Å². The van der Waals surface area contributed by atoms with Gasteiger partial charge in [0.1, 0.15) is 0 Å². The van der Waals surface area contributed by atoms with Crippen molar-refractivity contribution in [3.8, 4) is 0 Å². The van der Waals surface area contributed by atoms with Crippen LogP contribution in [-0.2, 0) is 37.1 Å². The molecule has 3 aliphatic rings. The van der Waals surface area contributed by atoms with Gasteiger partial charge in [0.05, 0.1) is 28.8 Å². The molecule has 0 radical (unpaired) electrons. The quantitative estimate of drug-likeness (QED) is 0.721. The lowest BCUT2D eigenvalue weighted by Gasteiger charge is -2.39. The molecule has 32 heavy (non-hydrogen) atoms. The lowest BCUT2D eigenvalue weighted by molar-refractivity contribution is -0.148. The molecular formula is C22H27ClN4O4S. The zero-order chi connectivity index (χ0) is 22.7. The van der Waals surface area contributed by atoms with Crippen molar-refractivity contribution in [2.45, 2.75) is 50.0 Å². The van der Waals surface area contributed by atoms with E-state index in [0.717, 1.165) is 49.2 Å².